The molecule has 7 nitrogen and oxygen atoms in total. The van der Waals surface area contributed by atoms with Gasteiger partial charge in [-0.3, -0.25) is 9.10 Å². The minimum atomic E-state index is -3.53. The molecule has 2 aromatic rings. The van der Waals surface area contributed by atoms with Crippen LogP contribution in [-0.2, 0) is 14.8 Å². The van der Waals surface area contributed by atoms with Crippen molar-refractivity contribution >= 4 is 27.4 Å². The number of rotatable bonds is 3. The van der Waals surface area contributed by atoms with Crippen molar-refractivity contribution < 1.29 is 17.9 Å². The lowest BCUT2D eigenvalue weighted by Crippen LogP contribution is -2.48. The Bertz CT molecular complexity index is 865. The first-order chi connectivity index (χ1) is 11.3. The van der Waals surface area contributed by atoms with Gasteiger partial charge in [0.05, 0.1) is 18.5 Å². The molecule has 126 valence electrons. The van der Waals surface area contributed by atoms with Crippen LogP contribution in [0, 0.1) is 6.92 Å². The first-order valence-corrected chi connectivity index (χ1v) is 9.16. The van der Waals surface area contributed by atoms with Crippen molar-refractivity contribution in [2.24, 2.45) is 0 Å². The summed E-state index contributed by atoms with van der Waals surface area (Å²) in [5.41, 5.74) is 1.40. The van der Waals surface area contributed by atoms with Crippen molar-refractivity contribution in [2.45, 2.75) is 13.0 Å². The summed E-state index contributed by atoms with van der Waals surface area (Å²) in [5, 5.41) is 2.65. The van der Waals surface area contributed by atoms with E-state index in [0.717, 1.165) is 11.8 Å². The molecule has 1 aromatic carbocycles. The number of hydrogen-bond donors (Lipinski definition) is 1. The van der Waals surface area contributed by atoms with Crippen molar-refractivity contribution in [1.29, 1.82) is 0 Å². The third-order valence-electron chi connectivity index (χ3n) is 3.59. The molecule has 1 amide bonds. The number of anilines is 2. The zero-order valence-electron chi connectivity index (χ0n) is 13.3. The van der Waals surface area contributed by atoms with E-state index in [4.69, 9.17) is 4.74 Å². The molecule has 1 N–H and O–H groups in total. The monoisotopic (exact) mass is 347 g/mol. The molecule has 2 heterocycles. The van der Waals surface area contributed by atoms with E-state index in [1.165, 1.54) is 4.31 Å². The number of aromatic nitrogens is 1. The largest absolute Gasteiger partial charge is 0.476 e. The van der Waals surface area contributed by atoms with Crippen molar-refractivity contribution in [1.82, 2.24) is 4.98 Å². The lowest BCUT2D eigenvalue weighted by molar-refractivity contribution is -0.122. The third-order valence-corrected chi connectivity index (χ3v) is 4.74. The molecule has 0 unspecified atom stereocenters. The van der Waals surface area contributed by atoms with Crippen LogP contribution in [0.1, 0.15) is 5.56 Å². The Kier molecular flexibility index (Phi) is 4.15. The second-order valence-corrected chi connectivity index (χ2v) is 7.49. The fourth-order valence-electron chi connectivity index (χ4n) is 2.40. The highest BCUT2D eigenvalue weighted by Gasteiger charge is 2.34. The first-order valence-electron chi connectivity index (χ1n) is 7.31. The number of aryl methyl sites for hydroxylation is 1. The van der Waals surface area contributed by atoms with Crippen LogP contribution in [0.5, 0.6) is 5.75 Å². The number of nitrogens with one attached hydrogen (secondary N) is 1. The summed E-state index contributed by atoms with van der Waals surface area (Å²) in [7, 11) is -3.53. The fourth-order valence-corrected chi connectivity index (χ4v) is 3.32. The van der Waals surface area contributed by atoms with Gasteiger partial charge >= 0.3 is 0 Å². The van der Waals surface area contributed by atoms with E-state index >= 15 is 0 Å². The van der Waals surface area contributed by atoms with Gasteiger partial charge in [-0.05, 0) is 30.7 Å². The van der Waals surface area contributed by atoms with E-state index in [1.807, 2.05) is 13.0 Å². The molecule has 24 heavy (non-hydrogen) atoms. The van der Waals surface area contributed by atoms with Crippen LogP contribution < -0.4 is 14.4 Å². The average Bonchev–Trinajstić information content (AvgIpc) is 2.55. The average molecular weight is 347 g/mol. The molecule has 1 aliphatic heterocycles. The topological polar surface area (TPSA) is 88.6 Å². The van der Waals surface area contributed by atoms with Gasteiger partial charge in [0.2, 0.25) is 10.0 Å². The third kappa shape index (κ3) is 3.33. The molecule has 1 atom stereocenters. The quantitative estimate of drug-likeness (QED) is 0.910. The van der Waals surface area contributed by atoms with Crippen LogP contribution in [0.15, 0.2) is 42.6 Å². The lowest BCUT2D eigenvalue weighted by Gasteiger charge is -2.33. The molecule has 0 radical (unpaired) electrons. The minimum Gasteiger partial charge on any atom is -0.476 e. The summed E-state index contributed by atoms with van der Waals surface area (Å²) in [5.74, 6) is 0.291. The summed E-state index contributed by atoms with van der Waals surface area (Å²) in [6.45, 7) is 1.80. The van der Waals surface area contributed by atoms with E-state index in [-0.39, 0.29) is 6.54 Å². The van der Waals surface area contributed by atoms with Gasteiger partial charge in [-0.25, -0.2) is 13.4 Å². The van der Waals surface area contributed by atoms with Crippen LogP contribution in [0.2, 0.25) is 0 Å². The van der Waals surface area contributed by atoms with Crippen LogP contribution in [0.4, 0.5) is 11.5 Å². The second-order valence-electron chi connectivity index (χ2n) is 5.58. The van der Waals surface area contributed by atoms with Gasteiger partial charge in [0, 0.05) is 6.20 Å². The van der Waals surface area contributed by atoms with Gasteiger partial charge in [0.1, 0.15) is 11.6 Å². The number of benzene rings is 1. The Labute approximate surface area is 140 Å². The molecule has 0 spiro atoms. The molecule has 1 aromatic heterocycles. The molecule has 1 aliphatic rings. The van der Waals surface area contributed by atoms with Crippen LogP contribution in [0.25, 0.3) is 0 Å². The predicted octanol–water partition coefficient (Wildman–Crippen LogP) is 1.56. The standard InChI is InChI=1S/C16H17N3O4S/c1-11-7-8-15(17-9-11)18-16(20)14-10-19(24(2,21)22)12-5-3-4-6-13(12)23-14/h3-9,14H,10H2,1-2H3,(H,17,18,20)/t14-/m1/s1. The van der Waals surface area contributed by atoms with Crippen LogP contribution >= 0.6 is 0 Å². The maximum atomic E-state index is 12.4. The Balaban J connectivity index is 1.85. The van der Waals surface area contributed by atoms with E-state index in [9.17, 15) is 13.2 Å². The number of para-hydroxylation sites is 2. The number of ether oxygens (including phenoxy) is 1. The van der Waals surface area contributed by atoms with Crippen molar-refractivity contribution in [3.8, 4) is 5.75 Å². The van der Waals surface area contributed by atoms with Crippen molar-refractivity contribution in [3.05, 3.63) is 48.2 Å². The number of carbonyl (C=O) groups excluding carboxylic acids is 1. The summed E-state index contributed by atoms with van der Waals surface area (Å²) >= 11 is 0. The summed E-state index contributed by atoms with van der Waals surface area (Å²) in [6.07, 6.45) is 1.78. The van der Waals surface area contributed by atoms with Gasteiger partial charge in [0.15, 0.2) is 6.10 Å². The number of carbonyl (C=O) groups is 1. The Morgan fingerprint density at radius 3 is 2.71 bits per heavy atom. The number of nitrogens with zero attached hydrogens (tertiary/aromatic N) is 2. The van der Waals surface area contributed by atoms with E-state index < -0.39 is 22.0 Å². The summed E-state index contributed by atoms with van der Waals surface area (Å²) < 4.78 is 30.9. The van der Waals surface area contributed by atoms with E-state index in [0.29, 0.717) is 17.3 Å². The minimum absolute atomic E-state index is 0.0897. The molecular formula is C16H17N3O4S. The molecule has 0 saturated heterocycles. The molecule has 0 aliphatic carbocycles. The predicted molar refractivity (Wildman–Crippen MR) is 90.7 cm³/mol. The number of hydrogen-bond acceptors (Lipinski definition) is 5. The van der Waals surface area contributed by atoms with Crippen LogP contribution in [-0.4, -0.2) is 38.2 Å². The van der Waals surface area contributed by atoms with E-state index in [2.05, 4.69) is 10.3 Å². The van der Waals surface area contributed by atoms with Gasteiger partial charge in [-0.2, -0.15) is 0 Å². The van der Waals surface area contributed by atoms with Crippen molar-refractivity contribution in [3.63, 3.8) is 0 Å². The highest BCUT2D eigenvalue weighted by atomic mass is 32.2. The molecular weight excluding hydrogens is 330 g/mol. The molecule has 8 heteroatoms. The maximum absolute atomic E-state index is 12.4. The SMILES string of the molecule is Cc1ccc(NC(=O)[C@H]2CN(S(C)(=O)=O)c3ccccc3O2)nc1. The Hall–Kier alpha value is -2.61. The zero-order valence-corrected chi connectivity index (χ0v) is 14.1. The van der Waals surface area contributed by atoms with Crippen LogP contribution in [0.3, 0.4) is 0 Å². The number of sulfonamides is 1. The highest BCUT2D eigenvalue weighted by Crippen LogP contribution is 2.34. The second kappa shape index (κ2) is 6.12. The maximum Gasteiger partial charge on any atom is 0.268 e. The summed E-state index contributed by atoms with van der Waals surface area (Å²) in [4.78, 5) is 16.5. The molecule has 3 rings (SSSR count). The molecule has 0 fully saturated rings. The first kappa shape index (κ1) is 16.3. The van der Waals surface area contributed by atoms with Gasteiger partial charge in [-0.1, -0.05) is 18.2 Å². The number of amides is 1. The number of pyridine rings is 1. The van der Waals surface area contributed by atoms with Gasteiger partial charge < -0.3 is 10.1 Å². The lowest BCUT2D eigenvalue weighted by atomic mass is 10.2. The fraction of sp³-hybridized carbons (Fsp3) is 0.250. The summed E-state index contributed by atoms with van der Waals surface area (Å²) in [6, 6.07) is 10.2. The molecule has 0 bridgehead atoms. The molecule has 0 saturated carbocycles. The Morgan fingerprint density at radius 1 is 1.29 bits per heavy atom. The highest BCUT2D eigenvalue weighted by molar-refractivity contribution is 7.92. The zero-order chi connectivity index (χ0) is 17.3. The Morgan fingerprint density at radius 2 is 2.04 bits per heavy atom. The van der Waals surface area contributed by atoms with E-state index in [1.54, 1.807) is 36.5 Å². The normalized spacial score (nSPS) is 16.9. The van der Waals surface area contributed by atoms with Crippen molar-refractivity contribution in [2.75, 3.05) is 22.4 Å². The smallest absolute Gasteiger partial charge is 0.268 e. The van der Waals surface area contributed by atoms with Gasteiger partial charge in [0.25, 0.3) is 5.91 Å². The number of fused-ring (bicyclic) bond motifs is 1. The van der Waals surface area contributed by atoms with Gasteiger partial charge in [-0.15, -0.1) is 0 Å².